The quantitative estimate of drug-likeness (QED) is 0.680. The second-order valence-electron chi connectivity index (χ2n) is 2.98. The highest BCUT2D eigenvalue weighted by molar-refractivity contribution is 5.85. The van der Waals surface area contributed by atoms with E-state index in [1.54, 1.807) is 0 Å². The van der Waals surface area contributed by atoms with Crippen molar-refractivity contribution in [2.24, 2.45) is 11.1 Å². The number of carboxylic acid groups (broad SMARTS) is 1. The van der Waals surface area contributed by atoms with Crippen LogP contribution in [0.2, 0.25) is 0 Å². The molecular weight excluding hydrogens is 166 g/mol. The molecular formula is C7H14ClNO2. The molecule has 0 amide bonds. The van der Waals surface area contributed by atoms with Crippen molar-refractivity contribution in [3.05, 3.63) is 0 Å². The minimum absolute atomic E-state index is 0. The highest BCUT2D eigenvalue weighted by Crippen LogP contribution is 2.43. The molecule has 0 heterocycles. The van der Waals surface area contributed by atoms with Gasteiger partial charge in [-0.1, -0.05) is 6.42 Å². The average molecular weight is 180 g/mol. The summed E-state index contributed by atoms with van der Waals surface area (Å²) in [5, 5.41) is 8.76. The Bertz CT molecular complexity index is 145. The predicted molar refractivity (Wildman–Crippen MR) is 44.8 cm³/mol. The van der Waals surface area contributed by atoms with Crippen molar-refractivity contribution in [1.82, 2.24) is 0 Å². The van der Waals surface area contributed by atoms with Crippen LogP contribution < -0.4 is 5.73 Å². The topological polar surface area (TPSA) is 63.3 Å². The van der Waals surface area contributed by atoms with Gasteiger partial charge in [-0.05, 0) is 25.8 Å². The molecule has 0 radical (unpaired) electrons. The number of rotatable bonds is 3. The Kier molecular flexibility index (Phi) is 3.83. The van der Waals surface area contributed by atoms with Crippen LogP contribution in [0.3, 0.4) is 0 Å². The van der Waals surface area contributed by atoms with Crippen molar-refractivity contribution in [2.75, 3.05) is 6.54 Å². The first-order valence-electron chi connectivity index (χ1n) is 3.65. The fraction of sp³-hybridized carbons (Fsp3) is 0.857. The van der Waals surface area contributed by atoms with Crippen LogP contribution in [0.5, 0.6) is 0 Å². The fourth-order valence-corrected chi connectivity index (χ4v) is 1.45. The van der Waals surface area contributed by atoms with Crippen LogP contribution in [0, 0.1) is 5.41 Å². The van der Waals surface area contributed by atoms with Crippen LogP contribution in [0.25, 0.3) is 0 Å². The maximum Gasteiger partial charge on any atom is 0.309 e. The normalized spacial score (nSPS) is 19.7. The molecule has 0 saturated heterocycles. The summed E-state index contributed by atoms with van der Waals surface area (Å²) in [5.41, 5.74) is 4.86. The van der Waals surface area contributed by atoms with Crippen LogP contribution in [-0.4, -0.2) is 17.6 Å². The summed E-state index contributed by atoms with van der Waals surface area (Å²) in [6, 6.07) is 0. The molecule has 0 aromatic rings. The molecule has 0 bridgehead atoms. The monoisotopic (exact) mass is 179 g/mol. The molecule has 0 atom stereocenters. The third-order valence-electron chi connectivity index (χ3n) is 2.39. The lowest BCUT2D eigenvalue weighted by Crippen LogP contribution is -2.39. The summed E-state index contributed by atoms with van der Waals surface area (Å²) in [6.07, 6.45) is 3.33. The summed E-state index contributed by atoms with van der Waals surface area (Å²) < 4.78 is 0. The molecule has 0 spiro atoms. The zero-order valence-corrected chi connectivity index (χ0v) is 7.19. The number of hydrogen-bond acceptors (Lipinski definition) is 2. The second-order valence-corrected chi connectivity index (χ2v) is 2.98. The van der Waals surface area contributed by atoms with Gasteiger partial charge in [-0.2, -0.15) is 0 Å². The van der Waals surface area contributed by atoms with E-state index in [4.69, 9.17) is 10.8 Å². The molecule has 4 heteroatoms. The molecule has 1 aliphatic rings. The number of carboxylic acids is 1. The first-order chi connectivity index (χ1) is 4.71. The Labute approximate surface area is 72.4 Å². The minimum atomic E-state index is -0.663. The van der Waals surface area contributed by atoms with E-state index in [9.17, 15) is 4.79 Å². The molecule has 1 fully saturated rings. The minimum Gasteiger partial charge on any atom is -0.481 e. The summed E-state index contributed by atoms with van der Waals surface area (Å²) >= 11 is 0. The van der Waals surface area contributed by atoms with E-state index in [-0.39, 0.29) is 12.4 Å². The molecule has 1 rings (SSSR count). The smallest absolute Gasteiger partial charge is 0.309 e. The van der Waals surface area contributed by atoms with Gasteiger partial charge in [-0.25, -0.2) is 0 Å². The molecule has 1 saturated carbocycles. The van der Waals surface area contributed by atoms with Crippen molar-refractivity contribution >= 4 is 18.4 Å². The lowest BCUT2D eigenvalue weighted by molar-refractivity contribution is -0.154. The Balaban J connectivity index is 0.000001000. The first-order valence-corrected chi connectivity index (χ1v) is 3.65. The van der Waals surface area contributed by atoms with Gasteiger partial charge in [0.05, 0.1) is 5.41 Å². The second kappa shape index (κ2) is 3.93. The van der Waals surface area contributed by atoms with Crippen molar-refractivity contribution in [2.45, 2.75) is 25.7 Å². The molecule has 3 N–H and O–H groups in total. The van der Waals surface area contributed by atoms with Crippen LogP contribution in [-0.2, 0) is 4.79 Å². The standard InChI is InChI=1S/C7H13NO2.ClH/c8-5-4-7(6(9)10)2-1-3-7;/h1-5,8H2,(H,9,10);1H. The van der Waals surface area contributed by atoms with Crippen LogP contribution in [0.15, 0.2) is 0 Å². The summed E-state index contributed by atoms with van der Waals surface area (Å²) in [6.45, 7) is 0.492. The molecule has 0 aromatic carbocycles. The largest absolute Gasteiger partial charge is 0.481 e. The van der Waals surface area contributed by atoms with Crippen molar-refractivity contribution in [3.8, 4) is 0 Å². The van der Waals surface area contributed by atoms with Crippen molar-refractivity contribution < 1.29 is 9.90 Å². The van der Waals surface area contributed by atoms with Gasteiger partial charge in [0.25, 0.3) is 0 Å². The number of nitrogens with two attached hydrogens (primary N) is 1. The fourth-order valence-electron chi connectivity index (χ4n) is 1.45. The molecule has 66 valence electrons. The van der Waals surface area contributed by atoms with Crippen LogP contribution >= 0.6 is 12.4 Å². The zero-order chi connectivity index (χ0) is 7.61. The average Bonchev–Trinajstić information content (AvgIpc) is 1.77. The zero-order valence-electron chi connectivity index (χ0n) is 6.38. The van der Waals surface area contributed by atoms with Gasteiger partial charge < -0.3 is 10.8 Å². The van der Waals surface area contributed by atoms with Gasteiger partial charge >= 0.3 is 5.97 Å². The summed E-state index contributed by atoms with van der Waals surface area (Å²) in [4.78, 5) is 10.6. The van der Waals surface area contributed by atoms with Gasteiger partial charge in [-0.3, -0.25) is 4.79 Å². The molecule has 0 unspecified atom stereocenters. The number of hydrogen-bond donors (Lipinski definition) is 2. The van der Waals surface area contributed by atoms with E-state index >= 15 is 0 Å². The lowest BCUT2D eigenvalue weighted by atomic mass is 9.67. The summed E-state index contributed by atoms with van der Waals surface area (Å²) in [7, 11) is 0. The maximum absolute atomic E-state index is 10.6. The SMILES string of the molecule is Cl.NCCC1(C(=O)O)CCC1. The van der Waals surface area contributed by atoms with Gasteiger partial charge in [0.1, 0.15) is 0 Å². The van der Waals surface area contributed by atoms with Crippen molar-refractivity contribution in [1.29, 1.82) is 0 Å². The Morgan fingerprint density at radius 2 is 2.09 bits per heavy atom. The maximum atomic E-state index is 10.6. The molecule has 0 aliphatic heterocycles. The van der Waals surface area contributed by atoms with Gasteiger partial charge in [0.15, 0.2) is 0 Å². The Morgan fingerprint density at radius 3 is 2.18 bits per heavy atom. The molecule has 11 heavy (non-hydrogen) atoms. The Morgan fingerprint density at radius 1 is 1.55 bits per heavy atom. The number of aliphatic carboxylic acids is 1. The predicted octanol–water partition coefficient (Wildman–Crippen LogP) is 1.01. The van der Waals surface area contributed by atoms with Gasteiger partial charge in [-0.15, -0.1) is 12.4 Å². The number of halogens is 1. The van der Waals surface area contributed by atoms with E-state index in [1.807, 2.05) is 0 Å². The molecule has 0 aromatic heterocycles. The van der Waals surface area contributed by atoms with Crippen LogP contribution in [0.1, 0.15) is 25.7 Å². The van der Waals surface area contributed by atoms with E-state index < -0.39 is 11.4 Å². The highest BCUT2D eigenvalue weighted by Gasteiger charge is 2.43. The third kappa shape index (κ3) is 1.84. The third-order valence-corrected chi connectivity index (χ3v) is 2.39. The summed E-state index contributed by atoms with van der Waals surface area (Å²) in [5.74, 6) is -0.663. The van der Waals surface area contributed by atoms with E-state index in [0.29, 0.717) is 13.0 Å². The van der Waals surface area contributed by atoms with Crippen LogP contribution in [0.4, 0.5) is 0 Å². The van der Waals surface area contributed by atoms with Crippen molar-refractivity contribution in [3.63, 3.8) is 0 Å². The van der Waals surface area contributed by atoms with E-state index in [0.717, 1.165) is 19.3 Å². The lowest BCUT2D eigenvalue weighted by Gasteiger charge is -2.37. The van der Waals surface area contributed by atoms with E-state index in [1.165, 1.54) is 0 Å². The van der Waals surface area contributed by atoms with E-state index in [2.05, 4.69) is 0 Å². The Hall–Kier alpha value is -0.280. The molecule has 3 nitrogen and oxygen atoms in total. The molecule has 1 aliphatic carbocycles. The highest BCUT2D eigenvalue weighted by atomic mass is 35.5. The number of carbonyl (C=O) groups is 1. The van der Waals surface area contributed by atoms with Gasteiger partial charge in [0.2, 0.25) is 0 Å². The first kappa shape index (κ1) is 10.7. The van der Waals surface area contributed by atoms with Gasteiger partial charge in [0, 0.05) is 0 Å².